The maximum absolute atomic E-state index is 13.4. The first-order valence-corrected chi connectivity index (χ1v) is 7.31. The van der Waals surface area contributed by atoms with Gasteiger partial charge in [-0.3, -0.25) is 4.52 Å². The first-order valence-electron chi connectivity index (χ1n) is 6.52. The lowest BCUT2D eigenvalue weighted by atomic mass is 10.3. The first-order chi connectivity index (χ1) is 11.1. The van der Waals surface area contributed by atoms with E-state index in [0.29, 0.717) is 24.5 Å². The van der Waals surface area contributed by atoms with E-state index in [1.165, 1.54) is 18.2 Å². The molecule has 23 heavy (non-hydrogen) atoms. The molecular formula is C13H10BrFN5O3. The topological polar surface area (TPSA) is 99.0 Å². The number of anilines is 1. The van der Waals surface area contributed by atoms with Crippen molar-refractivity contribution >= 4 is 21.7 Å². The minimum Gasteiger partial charge on any atom is -0.365 e. The molecule has 0 saturated heterocycles. The van der Waals surface area contributed by atoms with Crippen molar-refractivity contribution in [2.24, 2.45) is 0 Å². The standard InChI is InChI=1S/C13H10BrFN5O3/c1-2-5-16-11-10(17-23-18-11)12-19-22-13(21)20(12)7-3-4-9(15)8(14)6-7/h3-4,6H,1-2,5H2,(H,16,18). The largest absolute Gasteiger partial charge is 0.446 e. The fraction of sp³-hybridized carbons (Fsp3) is 0.154. The van der Waals surface area contributed by atoms with Crippen molar-refractivity contribution in [2.45, 2.75) is 6.42 Å². The number of hydrogen-bond acceptors (Lipinski definition) is 7. The number of hydrogen-bond donors (Lipinski definition) is 1. The van der Waals surface area contributed by atoms with Crippen LogP contribution in [0.2, 0.25) is 0 Å². The molecule has 1 radical (unpaired) electrons. The monoisotopic (exact) mass is 382 g/mol. The molecule has 0 aliphatic carbocycles. The predicted octanol–water partition coefficient (Wildman–Crippen LogP) is 2.41. The van der Waals surface area contributed by atoms with E-state index in [9.17, 15) is 9.18 Å². The third kappa shape index (κ3) is 2.89. The summed E-state index contributed by atoms with van der Waals surface area (Å²) in [7, 11) is 0. The van der Waals surface area contributed by atoms with Crippen LogP contribution in [-0.4, -0.2) is 26.6 Å². The van der Waals surface area contributed by atoms with Crippen LogP contribution in [0.4, 0.5) is 10.2 Å². The SMILES string of the molecule is [CH2]CCNc1nonc1-c1noc(=O)n1-c1ccc(F)c(Br)c1. The Bertz CT molecular complexity index is 888. The zero-order valence-corrected chi connectivity index (χ0v) is 13.2. The van der Waals surface area contributed by atoms with Crippen molar-refractivity contribution in [3.05, 3.63) is 46.0 Å². The summed E-state index contributed by atoms with van der Waals surface area (Å²) in [4.78, 5) is 12.0. The van der Waals surface area contributed by atoms with Crippen molar-refractivity contribution < 1.29 is 13.5 Å². The van der Waals surface area contributed by atoms with Gasteiger partial charge in [0.15, 0.2) is 5.69 Å². The molecule has 0 amide bonds. The van der Waals surface area contributed by atoms with Crippen LogP contribution >= 0.6 is 15.9 Å². The number of benzene rings is 1. The fourth-order valence-corrected chi connectivity index (χ4v) is 2.28. The van der Waals surface area contributed by atoms with Crippen LogP contribution in [0, 0.1) is 12.7 Å². The molecule has 3 rings (SSSR count). The number of nitrogens with zero attached hydrogens (tertiary/aromatic N) is 4. The van der Waals surface area contributed by atoms with Crippen molar-refractivity contribution in [3.8, 4) is 17.2 Å². The molecule has 0 unspecified atom stereocenters. The Morgan fingerprint density at radius 3 is 2.91 bits per heavy atom. The summed E-state index contributed by atoms with van der Waals surface area (Å²) in [6.07, 6.45) is 0.614. The maximum atomic E-state index is 13.4. The Hall–Kier alpha value is -2.49. The molecule has 2 heterocycles. The molecule has 0 saturated carbocycles. The number of aromatic nitrogens is 4. The van der Waals surface area contributed by atoms with Crippen LogP contribution in [0.1, 0.15) is 6.42 Å². The van der Waals surface area contributed by atoms with Crippen LogP contribution < -0.4 is 11.1 Å². The van der Waals surface area contributed by atoms with E-state index >= 15 is 0 Å². The molecule has 0 atom stereocenters. The highest BCUT2D eigenvalue weighted by atomic mass is 79.9. The van der Waals surface area contributed by atoms with Crippen molar-refractivity contribution in [1.82, 2.24) is 20.0 Å². The smallest absolute Gasteiger partial charge is 0.365 e. The summed E-state index contributed by atoms with van der Waals surface area (Å²) in [6, 6.07) is 4.05. The predicted molar refractivity (Wildman–Crippen MR) is 81.5 cm³/mol. The molecule has 0 spiro atoms. The van der Waals surface area contributed by atoms with Gasteiger partial charge >= 0.3 is 5.76 Å². The van der Waals surface area contributed by atoms with E-state index in [4.69, 9.17) is 9.15 Å². The van der Waals surface area contributed by atoms with Crippen LogP contribution in [0.5, 0.6) is 0 Å². The van der Waals surface area contributed by atoms with Crippen molar-refractivity contribution in [2.75, 3.05) is 11.9 Å². The third-order valence-corrected chi connectivity index (χ3v) is 3.54. The van der Waals surface area contributed by atoms with E-state index in [0.717, 1.165) is 4.57 Å². The van der Waals surface area contributed by atoms with E-state index < -0.39 is 11.6 Å². The van der Waals surface area contributed by atoms with Crippen LogP contribution in [0.3, 0.4) is 0 Å². The first kappa shape index (κ1) is 15.4. The van der Waals surface area contributed by atoms with Crippen LogP contribution in [0.25, 0.3) is 17.2 Å². The average Bonchev–Trinajstić information content (AvgIpc) is 3.14. The van der Waals surface area contributed by atoms with Gasteiger partial charge in [-0.1, -0.05) is 12.1 Å². The van der Waals surface area contributed by atoms with Gasteiger partial charge in [-0.2, -0.15) is 0 Å². The normalized spacial score (nSPS) is 10.9. The Kier molecular flexibility index (Phi) is 4.24. The molecular weight excluding hydrogens is 373 g/mol. The Morgan fingerprint density at radius 2 is 2.17 bits per heavy atom. The quantitative estimate of drug-likeness (QED) is 0.722. The molecule has 0 aliphatic heterocycles. The molecule has 10 heteroatoms. The van der Waals surface area contributed by atoms with Gasteiger partial charge in [0.05, 0.1) is 10.2 Å². The molecule has 0 bridgehead atoms. The molecule has 3 aromatic rings. The van der Waals surface area contributed by atoms with Gasteiger partial charge in [0, 0.05) is 6.54 Å². The Balaban J connectivity index is 2.11. The molecule has 2 aromatic heterocycles. The zero-order valence-electron chi connectivity index (χ0n) is 11.6. The maximum Gasteiger partial charge on any atom is 0.446 e. The highest BCUT2D eigenvalue weighted by Gasteiger charge is 2.22. The van der Waals surface area contributed by atoms with Gasteiger partial charge in [-0.25, -0.2) is 18.4 Å². The summed E-state index contributed by atoms with van der Waals surface area (Å²) in [5.41, 5.74) is 0.551. The highest BCUT2D eigenvalue weighted by Crippen LogP contribution is 2.26. The molecule has 0 fully saturated rings. The minimum absolute atomic E-state index is 0.0846. The van der Waals surface area contributed by atoms with Gasteiger partial charge in [-0.05, 0) is 50.9 Å². The summed E-state index contributed by atoms with van der Waals surface area (Å²) in [5.74, 6) is -0.816. The van der Waals surface area contributed by atoms with Crippen molar-refractivity contribution in [3.63, 3.8) is 0 Å². The number of rotatable bonds is 5. The average molecular weight is 383 g/mol. The van der Waals surface area contributed by atoms with E-state index in [1.54, 1.807) is 0 Å². The van der Waals surface area contributed by atoms with Crippen molar-refractivity contribution in [1.29, 1.82) is 0 Å². The second-order valence-electron chi connectivity index (χ2n) is 4.45. The molecule has 8 nitrogen and oxygen atoms in total. The molecule has 119 valence electrons. The van der Waals surface area contributed by atoms with Gasteiger partial charge in [-0.15, -0.1) is 0 Å². The fourth-order valence-electron chi connectivity index (χ4n) is 1.91. The Morgan fingerprint density at radius 1 is 1.35 bits per heavy atom. The van der Waals surface area contributed by atoms with Gasteiger partial charge in [0.1, 0.15) is 5.82 Å². The number of halogens is 2. The summed E-state index contributed by atoms with van der Waals surface area (Å²) in [6.45, 7) is 4.24. The Labute approximate surface area is 137 Å². The summed E-state index contributed by atoms with van der Waals surface area (Å²) in [5, 5.41) is 14.1. The van der Waals surface area contributed by atoms with Gasteiger partial charge in [0.2, 0.25) is 11.6 Å². The van der Waals surface area contributed by atoms with E-state index in [2.05, 4.69) is 43.6 Å². The summed E-state index contributed by atoms with van der Waals surface area (Å²) < 4.78 is 24.1. The number of nitrogens with one attached hydrogen (secondary N) is 1. The summed E-state index contributed by atoms with van der Waals surface area (Å²) >= 11 is 3.07. The van der Waals surface area contributed by atoms with Gasteiger partial charge in [0.25, 0.3) is 0 Å². The lowest BCUT2D eigenvalue weighted by molar-refractivity contribution is 0.309. The zero-order chi connectivity index (χ0) is 16.4. The van der Waals surface area contributed by atoms with E-state index in [-0.39, 0.29) is 16.0 Å². The lowest BCUT2D eigenvalue weighted by Crippen LogP contribution is -2.14. The minimum atomic E-state index is -0.746. The second-order valence-corrected chi connectivity index (χ2v) is 5.30. The lowest BCUT2D eigenvalue weighted by Gasteiger charge is -2.05. The van der Waals surface area contributed by atoms with Crippen LogP contribution in [0.15, 0.2) is 36.6 Å². The van der Waals surface area contributed by atoms with Crippen LogP contribution in [-0.2, 0) is 0 Å². The molecule has 1 N–H and O–H groups in total. The highest BCUT2D eigenvalue weighted by molar-refractivity contribution is 9.10. The molecule has 1 aromatic carbocycles. The second kappa shape index (κ2) is 6.32. The van der Waals surface area contributed by atoms with E-state index in [1.807, 2.05) is 0 Å². The third-order valence-electron chi connectivity index (χ3n) is 2.94. The molecule has 0 aliphatic rings. The van der Waals surface area contributed by atoms with Gasteiger partial charge < -0.3 is 5.32 Å².